The van der Waals surface area contributed by atoms with Gasteiger partial charge in [-0.15, -0.1) is 0 Å². The van der Waals surface area contributed by atoms with E-state index >= 15 is 0 Å². The first-order chi connectivity index (χ1) is 8.83. The standard InChI is InChI=1S/C17H19Br/c18-17(15-6-2-3-7-15)12-13-9-10-14-5-1-4-8-16(14)11-13/h1,4-5,8-11,15,17H,2-3,6-7,12H2. The Hall–Kier alpha value is -0.820. The van der Waals surface area contributed by atoms with Crippen LogP contribution in [0.25, 0.3) is 10.8 Å². The van der Waals surface area contributed by atoms with Crippen LogP contribution in [0.2, 0.25) is 0 Å². The molecule has 1 unspecified atom stereocenters. The van der Waals surface area contributed by atoms with Gasteiger partial charge in [0.2, 0.25) is 0 Å². The predicted octanol–water partition coefficient (Wildman–Crippen LogP) is 5.34. The molecule has 1 aliphatic rings. The molecule has 0 amide bonds. The van der Waals surface area contributed by atoms with Crippen LogP contribution in [0, 0.1) is 5.92 Å². The van der Waals surface area contributed by atoms with Crippen LogP contribution in [0.1, 0.15) is 31.2 Å². The first-order valence-corrected chi connectivity index (χ1v) is 7.86. The van der Waals surface area contributed by atoms with Gasteiger partial charge >= 0.3 is 0 Å². The molecule has 0 radical (unpaired) electrons. The number of hydrogen-bond donors (Lipinski definition) is 0. The van der Waals surface area contributed by atoms with E-state index in [-0.39, 0.29) is 0 Å². The van der Waals surface area contributed by atoms with Crippen LogP contribution in [0.4, 0.5) is 0 Å². The molecule has 0 spiro atoms. The van der Waals surface area contributed by atoms with E-state index < -0.39 is 0 Å². The van der Waals surface area contributed by atoms with Crippen molar-refractivity contribution in [1.82, 2.24) is 0 Å². The molecule has 1 fully saturated rings. The minimum Gasteiger partial charge on any atom is -0.0884 e. The summed E-state index contributed by atoms with van der Waals surface area (Å²) in [5.41, 5.74) is 1.46. The molecule has 1 atom stereocenters. The molecule has 94 valence electrons. The van der Waals surface area contributed by atoms with Gasteiger partial charge in [-0.25, -0.2) is 0 Å². The Balaban J connectivity index is 1.77. The third kappa shape index (κ3) is 2.61. The maximum absolute atomic E-state index is 3.91. The number of alkyl halides is 1. The molecule has 1 saturated carbocycles. The van der Waals surface area contributed by atoms with Crippen molar-refractivity contribution in [2.45, 2.75) is 36.9 Å². The van der Waals surface area contributed by atoms with E-state index in [2.05, 4.69) is 58.4 Å². The van der Waals surface area contributed by atoms with Crippen molar-refractivity contribution in [1.29, 1.82) is 0 Å². The molecule has 1 aliphatic carbocycles. The molecule has 0 aromatic heterocycles. The fourth-order valence-corrected chi connectivity index (χ4v) is 3.98. The van der Waals surface area contributed by atoms with Gasteiger partial charge < -0.3 is 0 Å². The lowest BCUT2D eigenvalue weighted by atomic mass is 9.96. The number of benzene rings is 2. The van der Waals surface area contributed by atoms with Gasteiger partial charge in [0.1, 0.15) is 0 Å². The Labute approximate surface area is 118 Å². The second-order valence-corrected chi connectivity index (χ2v) is 6.62. The first kappa shape index (κ1) is 12.2. The molecular weight excluding hydrogens is 284 g/mol. The van der Waals surface area contributed by atoms with Crippen molar-refractivity contribution in [2.75, 3.05) is 0 Å². The average molecular weight is 303 g/mol. The highest BCUT2D eigenvalue weighted by Gasteiger charge is 2.22. The summed E-state index contributed by atoms with van der Waals surface area (Å²) in [4.78, 5) is 0.654. The van der Waals surface area contributed by atoms with Gasteiger partial charge in [0, 0.05) is 4.83 Å². The van der Waals surface area contributed by atoms with Crippen LogP contribution in [-0.2, 0) is 6.42 Å². The van der Waals surface area contributed by atoms with E-state index in [0.29, 0.717) is 4.83 Å². The SMILES string of the molecule is BrC(Cc1ccc2ccccc2c1)C1CCCC1. The van der Waals surface area contributed by atoms with Gasteiger partial charge in [0.25, 0.3) is 0 Å². The maximum atomic E-state index is 3.91. The lowest BCUT2D eigenvalue weighted by Crippen LogP contribution is -2.13. The largest absolute Gasteiger partial charge is 0.0884 e. The second kappa shape index (κ2) is 5.44. The fourth-order valence-electron chi connectivity index (χ4n) is 3.08. The zero-order valence-electron chi connectivity index (χ0n) is 10.6. The van der Waals surface area contributed by atoms with Gasteiger partial charge in [-0.05, 0) is 41.5 Å². The summed E-state index contributed by atoms with van der Waals surface area (Å²) in [6.07, 6.45) is 6.82. The van der Waals surface area contributed by atoms with Crippen LogP contribution in [0.3, 0.4) is 0 Å². The van der Waals surface area contributed by atoms with E-state index in [1.165, 1.54) is 42.0 Å². The molecule has 0 saturated heterocycles. The van der Waals surface area contributed by atoms with E-state index in [9.17, 15) is 0 Å². The molecule has 2 aromatic carbocycles. The normalized spacial score (nSPS) is 18.3. The minimum absolute atomic E-state index is 0.654. The number of halogens is 1. The minimum atomic E-state index is 0.654. The van der Waals surface area contributed by atoms with Crippen LogP contribution in [0.15, 0.2) is 42.5 Å². The van der Waals surface area contributed by atoms with Gasteiger partial charge in [-0.2, -0.15) is 0 Å². The third-order valence-corrected chi connectivity index (χ3v) is 5.23. The van der Waals surface area contributed by atoms with Gasteiger partial charge in [0.15, 0.2) is 0 Å². The summed E-state index contributed by atoms with van der Waals surface area (Å²) in [5, 5.41) is 2.70. The fraction of sp³-hybridized carbons (Fsp3) is 0.412. The highest BCUT2D eigenvalue weighted by molar-refractivity contribution is 9.09. The predicted molar refractivity (Wildman–Crippen MR) is 82.3 cm³/mol. The quantitative estimate of drug-likeness (QED) is 0.672. The molecule has 0 heterocycles. The summed E-state index contributed by atoms with van der Waals surface area (Å²) in [5.74, 6) is 0.886. The molecule has 3 rings (SSSR count). The Morgan fingerprint density at radius 1 is 1.00 bits per heavy atom. The van der Waals surface area contributed by atoms with Crippen LogP contribution >= 0.6 is 15.9 Å². The molecule has 0 bridgehead atoms. The van der Waals surface area contributed by atoms with Crippen molar-refractivity contribution in [3.8, 4) is 0 Å². The molecule has 18 heavy (non-hydrogen) atoms. The van der Waals surface area contributed by atoms with Crippen molar-refractivity contribution in [3.05, 3.63) is 48.0 Å². The first-order valence-electron chi connectivity index (χ1n) is 6.95. The molecule has 2 aromatic rings. The van der Waals surface area contributed by atoms with E-state index in [0.717, 1.165) is 12.3 Å². The number of fused-ring (bicyclic) bond motifs is 1. The van der Waals surface area contributed by atoms with Crippen molar-refractivity contribution >= 4 is 26.7 Å². The van der Waals surface area contributed by atoms with Gasteiger partial charge in [0.05, 0.1) is 0 Å². The lowest BCUT2D eigenvalue weighted by Gasteiger charge is -2.17. The van der Waals surface area contributed by atoms with Crippen LogP contribution < -0.4 is 0 Å². The van der Waals surface area contributed by atoms with Gasteiger partial charge in [-0.1, -0.05) is 71.2 Å². The molecule has 0 N–H and O–H groups in total. The summed E-state index contributed by atoms with van der Waals surface area (Å²) >= 11 is 3.91. The van der Waals surface area contributed by atoms with Crippen LogP contribution in [0.5, 0.6) is 0 Å². The van der Waals surface area contributed by atoms with Gasteiger partial charge in [-0.3, -0.25) is 0 Å². The highest BCUT2D eigenvalue weighted by Crippen LogP contribution is 2.33. The second-order valence-electron chi connectivity index (χ2n) is 5.45. The average Bonchev–Trinajstić information content (AvgIpc) is 2.92. The Morgan fingerprint density at radius 3 is 2.50 bits per heavy atom. The number of hydrogen-bond acceptors (Lipinski definition) is 0. The summed E-state index contributed by atoms with van der Waals surface area (Å²) in [6, 6.07) is 15.5. The zero-order valence-corrected chi connectivity index (χ0v) is 12.2. The molecule has 0 aliphatic heterocycles. The summed E-state index contributed by atoms with van der Waals surface area (Å²) < 4.78 is 0. The lowest BCUT2D eigenvalue weighted by molar-refractivity contribution is 0.525. The van der Waals surface area contributed by atoms with Crippen molar-refractivity contribution in [3.63, 3.8) is 0 Å². The maximum Gasteiger partial charge on any atom is 0.0214 e. The molecular formula is C17H19Br. The topological polar surface area (TPSA) is 0 Å². The van der Waals surface area contributed by atoms with Crippen molar-refractivity contribution < 1.29 is 0 Å². The Kier molecular flexibility index (Phi) is 3.69. The smallest absolute Gasteiger partial charge is 0.0214 e. The Morgan fingerprint density at radius 2 is 1.72 bits per heavy atom. The third-order valence-electron chi connectivity index (χ3n) is 4.16. The number of rotatable bonds is 3. The zero-order chi connectivity index (χ0) is 12.4. The molecule has 0 nitrogen and oxygen atoms in total. The van der Waals surface area contributed by atoms with E-state index in [4.69, 9.17) is 0 Å². The van der Waals surface area contributed by atoms with E-state index in [1.807, 2.05) is 0 Å². The highest BCUT2D eigenvalue weighted by atomic mass is 79.9. The summed E-state index contributed by atoms with van der Waals surface area (Å²) in [7, 11) is 0. The Bertz CT molecular complexity index is 526. The van der Waals surface area contributed by atoms with Crippen molar-refractivity contribution in [2.24, 2.45) is 5.92 Å². The summed E-state index contributed by atoms with van der Waals surface area (Å²) in [6.45, 7) is 0. The van der Waals surface area contributed by atoms with E-state index in [1.54, 1.807) is 0 Å². The molecule has 1 heteroatoms. The monoisotopic (exact) mass is 302 g/mol. The van der Waals surface area contributed by atoms with Crippen LogP contribution in [-0.4, -0.2) is 4.83 Å².